The molecule has 1 heterocycles. The smallest absolute Gasteiger partial charge is 0.363 e. The van der Waals surface area contributed by atoms with Gasteiger partial charge >= 0.3 is 5.97 Å². The van der Waals surface area contributed by atoms with Crippen LogP contribution in [0, 0.1) is 3.57 Å². The van der Waals surface area contributed by atoms with Crippen LogP contribution in [-0.4, -0.2) is 25.0 Å². The first kappa shape index (κ1) is 18.9. The molecular formula is C20H18ClIN2O2. The van der Waals surface area contributed by atoms with Gasteiger partial charge in [-0.15, -0.1) is 0 Å². The number of ether oxygens (including phenoxy) is 1. The summed E-state index contributed by atoms with van der Waals surface area (Å²) < 4.78 is 6.30. The van der Waals surface area contributed by atoms with Crippen molar-refractivity contribution in [3.63, 3.8) is 0 Å². The van der Waals surface area contributed by atoms with Crippen molar-refractivity contribution in [3.05, 3.63) is 67.9 Å². The lowest BCUT2D eigenvalue weighted by Gasteiger charge is -2.20. The van der Waals surface area contributed by atoms with Crippen molar-refractivity contribution in [1.29, 1.82) is 0 Å². The summed E-state index contributed by atoms with van der Waals surface area (Å²) in [5.41, 5.74) is 2.94. The molecule has 0 unspecified atom stereocenters. The first-order valence-electron chi connectivity index (χ1n) is 8.34. The Morgan fingerprint density at radius 3 is 2.50 bits per heavy atom. The van der Waals surface area contributed by atoms with Crippen molar-refractivity contribution in [2.45, 2.75) is 13.8 Å². The zero-order valence-electron chi connectivity index (χ0n) is 14.5. The van der Waals surface area contributed by atoms with E-state index in [1.165, 1.54) is 0 Å². The number of carbonyl (C=O) groups excluding carboxylic acids is 1. The van der Waals surface area contributed by atoms with Crippen molar-refractivity contribution >= 4 is 57.8 Å². The van der Waals surface area contributed by atoms with Crippen LogP contribution in [-0.2, 0) is 9.53 Å². The number of hydrogen-bond donors (Lipinski definition) is 0. The number of hydrogen-bond acceptors (Lipinski definition) is 4. The third-order valence-corrected chi connectivity index (χ3v) is 5.10. The summed E-state index contributed by atoms with van der Waals surface area (Å²) in [5.74, 6) is -0.229. The predicted molar refractivity (Wildman–Crippen MR) is 115 cm³/mol. The van der Waals surface area contributed by atoms with Gasteiger partial charge in [-0.3, -0.25) is 0 Å². The van der Waals surface area contributed by atoms with Crippen LogP contribution in [0.5, 0.6) is 0 Å². The van der Waals surface area contributed by atoms with Crippen LogP contribution in [0.15, 0.2) is 53.2 Å². The first-order valence-corrected chi connectivity index (χ1v) is 9.80. The van der Waals surface area contributed by atoms with Crippen molar-refractivity contribution in [3.8, 4) is 0 Å². The first-order chi connectivity index (χ1) is 12.5. The Hall–Kier alpha value is -1.86. The number of benzene rings is 2. The molecule has 0 radical (unpaired) electrons. The highest BCUT2D eigenvalue weighted by molar-refractivity contribution is 14.1. The van der Waals surface area contributed by atoms with Gasteiger partial charge in [0.25, 0.3) is 0 Å². The number of anilines is 1. The topological polar surface area (TPSA) is 41.9 Å². The summed E-state index contributed by atoms with van der Waals surface area (Å²) in [6.07, 6.45) is 1.73. The molecule has 1 aliphatic rings. The van der Waals surface area contributed by atoms with E-state index in [1.54, 1.807) is 12.1 Å². The molecule has 0 aromatic heterocycles. The van der Waals surface area contributed by atoms with Gasteiger partial charge in [0.1, 0.15) is 0 Å². The third-order valence-electron chi connectivity index (χ3n) is 4.10. The van der Waals surface area contributed by atoms with Crippen LogP contribution in [0.1, 0.15) is 25.0 Å². The Kier molecular flexibility index (Phi) is 5.98. The van der Waals surface area contributed by atoms with Crippen LogP contribution >= 0.6 is 34.2 Å². The number of rotatable bonds is 5. The lowest BCUT2D eigenvalue weighted by Crippen LogP contribution is -2.21. The summed E-state index contributed by atoms with van der Waals surface area (Å²) in [6, 6.07) is 13.5. The molecule has 0 bridgehead atoms. The van der Waals surface area contributed by atoms with Crippen LogP contribution in [0.2, 0.25) is 5.02 Å². The minimum atomic E-state index is -0.470. The monoisotopic (exact) mass is 480 g/mol. The average Bonchev–Trinajstić information content (AvgIpc) is 3.00. The van der Waals surface area contributed by atoms with E-state index in [1.807, 2.05) is 36.4 Å². The van der Waals surface area contributed by atoms with E-state index in [0.29, 0.717) is 10.6 Å². The van der Waals surface area contributed by atoms with Crippen molar-refractivity contribution in [2.75, 3.05) is 18.0 Å². The average molecular weight is 481 g/mol. The van der Waals surface area contributed by atoms with Gasteiger partial charge in [-0.1, -0.05) is 23.7 Å². The Morgan fingerprint density at radius 2 is 1.85 bits per heavy atom. The molecule has 0 N–H and O–H groups in total. The number of halogens is 2. The zero-order chi connectivity index (χ0) is 18.7. The number of carbonyl (C=O) groups is 1. The molecule has 1 aliphatic heterocycles. The fraction of sp³-hybridized carbons (Fsp3) is 0.200. The van der Waals surface area contributed by atoms with Gasteiger partial charge in [-0.2, -0.15) is 0 Å². The second kappa shape index (κ2) is 8.22. The second-order valence-electron chi connectivity index (χ2n) is 5.72. The highest BCUT2D eigenvalue weighted by Gasteiger charge is 2.25. The summed E-state index contributed by atoms with van der Waals surface area (Å²) in [5, 5.41) is 0.502. The summed E-state index contributed by atoms with van der Waals surface area (Å²) >= 11 is 8.39. The Bertz CT molecular complexity index is 887. The van der Waals surface area contributed by atoms with E-state index < -0.39 is 5.97 Å². The number of nitrogens with zero attached hydrogens (tertiary/aromatic N) is 2. The zero-order valence-corrected chi connectivity index (χ0v) is 17.4. The summed E-state index contributed by atoms with van der Waals surface area (Å²) in [4.78, 5) is 18.8. The van der Waals surface area contributed by atoms with Gasteiger partial charge < -0.3 is 9.64 Å². The molecule has 26 heavy (non-hydrogen) atoms. The molecule has 0 spiro atoms. The van der Waals surface area contributed by atoms with Gasteiger partial charge in [0.15, 0.2) is 5.70 Å². The Morgan fingerprint density at radius 1 is 1.15 bits per heavy atom. The quantitative estimate of drug-likeness (QED) is 0.338. The van der Waals surface area contributed by atoms with E-state index in [2.05, 4.69) is 46.3 Å². The van der Waals surface area contributed by atoms with Gasteiger partial charge in [-0.25, -0.2) is 9.79 Å². The number of aliphatic imine (C=N–C) groups is 1. The number of cyclic esters (lactones) is 1. The molecule has 0 aliphatic carbocycles. The van der Waals surface area contributed by atoms with Gasteiger partial charge in [0.2, 0.25) is 5.90 Å². The molecule has 2 aromatic rings. The largest absolute Gasteiger partial charge is 0.402 e. The Balaban J connectivity index is 1.88. The van der Waals surface area contributed by atoms with Crippen LogP contribution in [0.3, 0.4) is 0 Å². The maximum atomic E-state index is 12.2. The lowest BCUT2D eigenvalue weighted by atomic mass is 10.1. The second-order valence-corrected chi connectivity index (χ2v) is 7.38. The van der Waals surface area contributed by atoms with Crippen LogP contribution < -0.4 is 4.90 Å². The van der Waals surface area contributed by atoms with Crippen molar-refractivity contribution in [2.24, 2.45) is 4.99 Å². The van der Waals surface area contributed by atoms with E-state index in [4.69, 9.17) is 16.3 Å². The molecule has 0 saturated carbocycles. The standard InChI is InChI=1S/C20H18ClIN2O2/c1-3-24(4-2)15-8-5-13(6-9-15)11-18-20(25)26-19(23-18)16-12-14(22)7-10-17(16)21/h5-12H,3-4H2,1-2H3. The fourth-order valence-electron chi connectivity index (χ4n) is 2.71. The molecule has 3 rings (SSSR count). The molecule has 4 nitrogen and oxygen atoms in total. The van der Waals surface area contributed by atoms with Crippen molar-refractivity contribution in [1.82, 2.24) is 0 Å². The van der Waals surface area contributed by atoms with Gasteiger partial charge in [0.05, 0.1) is 10.6 Å². The van der Waals surface area contributed by atoms with Crippen molar-refractivity contribution < 1.29 is 9.53 Å². The minimum Gasteiger partial charge on any atom is -0.402 e. The lowest BCUT2D eigenvalue weighted by molar-refractivity contribution is -0.129. The van der Waals surface area contributed by atoms with Crippen LogP contribution in [0.4, 0.5) is 5.69 Å². The van der Waals surface area contributed by atoms with E-state index in [0.717, 1.165) is 27.9 Å². The highest BCUT2D eigenvalue weighted by atomic mass is 127. The van der Waals surface area contributed by atoms with E-state index in [-0.39, 0.29) is 11.6 Å². The molecule has 0 saturated heterocycles. The molecule has 134 valence electrons. The molecule has 2 aromatic carbocycles. The van der Waals surface area contributed by atoms with Gasteiger partial charge in [-0.05, 0) is 78.4 Å². The maximum absolute atomic E-state index is 12.2. The van der Waals surface area contributed by atoms with Gasteiger partial charge in [0, 0.05) is 22.3 Å². The molecule has 6 heteroatoms. The van der Waals surface area contributed by atoms with E-state index >= 15 is 0 Å². The Labute approximate surface area is 171 Å². The van der Waals surface area contributed by atoms with Crippen LogP contribution in [0.25, 0.3) is 6.08 Å². The van der Waals surface area contributed by atoms with E-state index in [9.17, 15) is 4.79 Å². The normalized spacial score (nSPS) is 15.2. The number of esters is 1. The summed E-state index contributed by atoms with van der Waals surface area (Å²) in [7, 11) is 0. The highest BCUT2D eigenvalue weighted by Crippen LogP contribution is 2.25. The SMILES string of the molecule is CCN(CC)c1ccc(C=C2N=C(c3cc(I)ccc3Cl)OC2=O)cc1. The predicted octanol–water partition coefficient (Wildman–Crippen LogP) is 5.14. The fourth-order valence-corrected chi connectivity index (χ4v) is 3.40. The maximum Gasteiger partial charge on any atom is 0.363 e. The molecule has 0 atom stereocenters. The molecular weight excluding hydrogens is 463 g/mol. The third kappa shape index (κ3) is 4.10. The molecule has 0 fully saturated rings. The summed E-state index contributed by atoms with van der Waals surface area (Å²) in [6.45, 7) is 6.15. The molecule has 0 amide bonds. The minimum absolute atomic E-state index is 0.240.